The first-order chi connectivity index (χ1) is 28.8. The molecule has 7 aromatic carbocycles. The Morgan fingerprint density at radius 2 is 1.17 bits per heavy atom. The zero-order chi connectivity index (χ0) is 37.6. The highest BCUT2D eigenvalue weighted by Crippen LogP contribution is 2.46. The van der Waals surface area contributed by atoms with E-state index in [-0.39, 0.29) is 6.71 Å². The fourth-order valence-corrected chi connectivity index (χ4v) is 10.7. The van der Waals surface area contributed by atoms with Crippen LogP contribution in [0.5, 0.6) is 0 Å². The van der Waals surface area contributed by atoms with Crippen LogP contribution < -0.4 is 16.4 Å². The Labute approximate surface area is 332 Å². The number of para-hydroxylation sites is 3. The van der Waals surface area contributed by atoms with Crippen LogP contribution in [0.1, 0.15) is 0 Å². The van der Waals surface area contributed by atoms with Gasteiger partial charge in [0.05, 0.1) is 33.1 Å². The van der Waals surface area contributed by atoms with Crippen LogP contribution in [0.25, 0.3) is 105 Å². The molecular weight excluding hydrogens is 705 g/mol. The van der Waals surface area contributed by atoms with Gasteiger partial charge in [0.15, 0.2) is 0 Å². The third kappa shape index (κ3) is 3.73. The van der Waals surface area contributed by atoms with Gasteiger partial charge in [0.25, 0.3) is 6.71 Å². The molecule has 2 aliphatic rings. The number of pyridine rings is 2. The van der Waals surface area contributed by atoms with E-state index in [0.29, 0.717) is 0 Å². The molecule has 0 unspecified atom stereocenters. The van der Waals surface area contributed by atoms with E-state index in [2.05, 4.69) is 177 Å². The van der Waals surface area contributed by atoms with Crippen LogP contribution in [0, 0.1) is 0 Å². The lowest BCUT2D eigenvalue weighted by Gasteiger charge is -2.34. The van der Waals surface area contributed by atoms with Gasteiger partial charge in [-0.1, -0.05) is 115 Å². The summed E-state index contributed by atoms with van der Waals surface area (Å²) in [7, 11) is 0. The highest BCUT2D eigenvalue weighted by Gasteiger charge is 2.42. The minimum atomic E-state index is -0.0109. The summed E-state index contributed by atoms with van der Waals surface area (Å²) in [6, 6.07) is 62.0. The molecule has 5 aromatic heterocycles. The van der Waals surface area contributed by atoms with Gasteiger partial charge in [-0.25, -0.2) is 0 Å². The quantitative estimate of drug-likeness (QED) is 0.170. The summed E-state index contributed by atoms with van der Waals surface area (Å²) >= 11 is 0. The Bertz CT molecular complexity index is 3730. The van der Waals surface area contributed by atoms with E-state index in [0.717, 1.165) is 39.3 Å². The topological polar surface area (TPSA) is 40.6 Å². The van der Waals surface area contributed by atoms with E-state index in [4.69, 9.17) is 9.97 Å². The second kappa shape index (κ2) is 11.0. The number of hydrogen-bond donors (Lipinski definition) is 0. The molecule has 14 rings (SSSR count). The normalized spacial score (nSPS) is 12.8. The Balaban J connectivity index is 1.24. The lowest BCUT2D eigenvalue weighted by Crippen LogP contribution is -2.59. The van der Waals surface area contributed by atoms with E-state index in [9.17, 15) is 0 Å². The minimum Gasteiger partial charge on any atom is -0.310 e. The van der Waals surface area contributed by atoms with E-state index in [1.807, 2.05) is 18.5 Å². The molecule has 6 heteroatoms. The zero-order valence-electron chi connectivity index (χ0n) is 31.1. The Kier molecular flexibility index (Phi) is 5.78. The summed E-state index contributed by atoms with van der Waals surface area (Å²) in [5.74, 6) is 0. The highest BCUT2D eigenvalue weighted by atomic mass is 15.2. The van der Waals surface area contributed by atoms with Gasteiger partial charge >= 0.3 is 0 Å². The van der Waals surface area contributed by atoms with E-state index >= 15 is 0 Å². The van der Waals surface area contributed by atoms with Crippen LogP contribution in [0.4, 0.5) is 0 Å². The Morgan fingerprint density at radius 3 is 2.02 bits per heavy atom. The van der Waals surface area contributed by atoms with Gasteiger partial charge in [-0.3, -0.25) is 19.1 Å². The maximum Gasteiger partial charge on any atom is 0.252 e. The van der Waals surface area contributed by atoms with E-state index in [1.54, 1.807) is 0 Å². The monoisotopic (exact) mass is 735 g/mol. The maximum absolute atomic E-state index is 5.25. The number of benzene rings is 7. The van der Waals surface area contributed by atoms with E-state index < -0.39 is 0 Å². The van der Waals surface area contributed by atoms with Gasteiger partial charge in [0, 0.05) is 62.3 Å². The second-order valence-electron chi connectivity index (χ2n) is 15.7. The smallest absolute Gasteiger partial charge is 0.252 e. The van der Waals surface area contributed by atoms with Crippen LogP contribution in [-0.4, -0.2) is 30.4 Å². The lowest BCUT2D eigenvalue weighted by atomic mass is 9.34. The summed E-state index contributed by atoms with van der Waals surface area (Å²) in [6.07, 6.45) is 3.94. The summed E-state index contributed by atoms with van der Waals surface area (Å²) in [5.41, 5.74) is 18.8. The van der Waals surface area contributed by atoms with Crippen molar-refractivity contribution in [2.24, 2.45) is 0 Å². The third-order valence-corrected chi connectivity index (χ3v) is 12.9. The molecule has 12 aromatic rings. The summed E-state index contributed by atoms with van der Waals surface area (Å²) in [5, 5.41) is 7.44. The van der Waals surface area contributed by atoms with Gasteiger partial charge in [-0.15, -0.1) is 0 Å². The molecule has 0 N–H and O–H groups in total. The standard InChI is InChI=1S/C52H30BN5/c1-3-14-31(15-4-1)38-28-32-16-7-8-19-35(32)45-37-21-13-22-39-49(37)57(50(38)45)43-29-33(41-23-11-12-26-54-41)30-44-47(43)53(39)40-25-27-55-48-46-36-20-9-10-24-42(36)56(34-17-5-2-6-18-34)52(46)58(44)51(40)48/h1-30H. The molecule has 5 nitrogen and oxygen atoms in total. The number of rotatable bonds is 3. The highest BCUT2D eigenvalue weighted by molar-refractivity contribution is 7.00. The van der Waals surface area contributed by atoms with Crippen LogP contribution in [0.3, 0.4) is 0 Å². The van der Waals surface area contributed by atoms with Crippen LogP contribution in [-0.2, 0) is 0 Å². The van der Waals surface area contributed by atoms with Crippen LogP contribution in [0.2, 0.25) is 0 Å². The van der Waals surface area contributed by atoms with Crippen LogP contribution in [0.15, 0.2) is 182 Å². The molecule has 0 saturated heterocycles. The summed E-state index contributed by atoms with van der Waals surface area (Å²) in [6.45, 7) is -0.0109. The molecule has 2 aliphatic heterocycles. The summed E-state index contributed by atoms with van der Waals surface area (Å²) < 4.78 is 7.58. The van der Waals surface area contributed by atoms with Crippen molar-refractivity contribution in [3.63, 3.8) is 0 Å². The SMILES string of the molecule is c1ccc(-c2cc3ccccc3c3c4cccc5c4n(c23)-c2cc(-c3ccccn3)cc3c2B5c2ccnc4c5c6ccccc6n(-c6ccccc6)c5n-3c24)cc1. The van der Waals surface area contributed by atoms with E-state index in [1.165, 1.54) is 82.1 Å². The predicted molar refractivity (Wildman–Crippen MR) is 241 cm³/mol. The van der Waals surface area contributed by atoms with Crippen LogP contribution >= 0.6 is 0 Å². The minimum absolute atomic E-state index is 0.0109. The molecule has 0 aliphatic carbocycles. The Morgan fingerprint density at radius 1 is 0.448 bits per heavy atom. The van der Waals surface area contributed by atoms with Gasteiger partial charge in [-0.2, -0.15) is 0 Å². The molecule has 0 saturated carbocycles. The molecule has 0 spiro atoms. The maximum atomic E-state index is 5.25. The van der Waals surface area contributed by atoms with Crippen molar-refractivity contribution < 1.29 is 0 Å². The van der Waals surface area contributed by atoms with Crippen molar-refractivity contribution in [3.8, 4) is 39.4 Å². The van der Waals surface area contributed by atoms with Gasteiger partial charge in [0.1, 0.15) is 5.65 Å². The molecule has 0 amide bonds. The first-order valence-corrected chi connectivity index (χ1v) is 20.0. The first-order valence-electron chi connectivity index (χ1n) is 20.0. The third-order valence-electron chi connectivity index (χ3n) is 12.9. The summed E-state index contributed by atoms with van der Waals surface area (Å²) in [4.78, 5) is 10.2. The van der Waals surface area contributed by atoms with Crippen molar-refractivity contribution in [1.82, 2.24) is 23.7 Å². The van der Waals surface area contributed by atoms with Crippen molar-refractivity contribution in [2.75, 3.05) is 0 Å². The van der Waals surface area contributed by atoms with Gasteiger partial charge in [0.2, 0.25) is 0 Å². The first kappa shape index (κ1) is 30.5. The second-order valence-corrected chi connectivity index (χ2v) is 15.7. The molecule has 58 heavy (non-hydrogen) atoms. The molecule has 266 valence electrons. The largest absolute Gasteiger partial charge is 0.310 e. The number of nitrogens with zero attached hydrogens (tertiary/aromatic N) is 5. The fourth-order valence-electron chi connectivity index (χ4n) is 10.7. The van der Waals surface area contributed by atoms with Crippen molar-refractivity contribution in [1.29, 1.82) is 0 Å². The van der Waals surface area contributed by atoms with Crippen molar-refractivity contribution in [2.45, 2.75) is 0 Å². The average molecular weight is 736 g/mol. The van der Waals surface area contributed by atoms with Gasteiger partial charge < -0.3 is 4.57 Å². The number of fused-ring (bicyclic) bond motifs is 14. The molecule has 0 radical (unpaired) electrons. The molecular formula is C52H30BN5. The molecule has 0 bridgehead atoms. The molecule has 7 heterocycles. The Hall–Kier alpha value is -7.70. The number of hydrogen-bond acceptors (Lipinski definition) is 2. The molecule has 0 atom stereocenters. The fraction of sp³-hybridized carbons (Fsp3) is 0. The van der Waals surface area contributed by atoms with Crippen molar-refractivity contribution >= 4 is 88.6 Å². The zero-order valence-corrected chi connectivity index (χ0v) is 31.1. The van der Waals surface area contributed by atoms with Crippen molar-refractivity contribution in [3.05, 3.63) is 182 Å². The number of aromatic nitrogens is 5. The lowest BCUT2D eigenvalue weighted by molar-refractivity contribution is 1.06. The van der Waals surface area contributed by atoms with Gasteiger partial charge in [-0.05, 0) is 87.3 Å². The predicted octanol–water partition coefficient (Wildman–Crippen LogP) is 10.2. The molecule has 0 fully saturated rings. The average Bonchev–Trinajstić information content (AvgIpc) is 3.94.